The van der Waals surface area contributed by atoms with Gasteiger partial charge in [0.2, 0.25) is 0 Å². The lowest BCUT2D eigenvalue weighted by Gasteiger charge is -2.31. The van der Waals surface area contributed by atoms with Gasteiger partial charge in [-0.05, 0) is 31.5 Å². The monoisotopic (exact) mass is 250 g/mol. The van der Waals surface area contributed by atoms with Gasteiger partial charge >= 0.3 is 0 Å². The molecule has 0 bridgehead atoms. The van der Waals surface area contributed by atoms with E-state index in [1.54, 1.807) is 0 Å². The third kappa shape index (κ3) is 4.09. The van der Waals surface area contributed by atoms with Crippen molar-refractivity contribution in [3.05, 3.63) is 35.4 Å². The van der Waals surface area contributed by atoms with Crippen LogP contribution in [0.3, 0.4) is 0 Å². The SMILES string of the molecule is CCOCCN(CC)C(CN)c1ccccc1C. The predicted octanol–water partition coefficient (Wildman–Crippen LogP) is 2.35. The summed E-state index contributed by atoms with van der Waals surface area (Å²) < 4.78 is 5.44. The number of hydrogen-bond acceptors (Lipinski definition) is 3. The quantitative estimate of drug-likeness (QED) is 0.720. The fourth-order valence-electron chi connectivity index (χ4n) is 2.29. The Labute approximate surface area is 111 Å². The van der Waals surface area contributed by atoms with Gasteiger partial charge in [-0.15, -0.1) is 0 Å². The molecule has 0 heterocycles. The molecule has 0 saturated heterocycles. The number of aryl methyl sites for hydroxylation is 1. The zero-order chi connectivity index (χ0) is 13.4. The van der Waals surface area contributed by atoms with E-state index in [0.29, 0.717) is 6.54 Å². The summed E-state index contributed by atoms with van der Waals surface area (Å²) in [4.78, 5) is 2.39. The molecule has 3 heteroatoms. The van der Waals surface area contributed by atoms with E-state index in [0.717, 1.165) is 26.3 Å². The number of rotatable bonds is 8. The van der Waals surface area contributed by atoms with Gasteiger partial charge in [-0.3, -0.25) is 4.90 Å². The summed E-state index contributed by atoms with van der Waals surface area (Å²) in [6, 6.07) is 8.77. The smallest absolute Gasteiger partial charge is 0.0593 e. The maximum Gasteiger partial charge on any atom is 0.0593 e. The van der Waals surface area contributed by atoms with Crippen LogP contribution in [0.4, 0.5) is 0 Å². The van der Waals surface area contributed by atoms with E-state index in [2.05, 4.69) is 43.0 Å². The number of hydrogen-bond donors (Lipinski definition) is 1. The van der Waals surface area contributed by atoms with Gasteiger partial charge in [0.1, 0.15) is 0 Å². The van der Waals surface area contributed by atoms with Crippen LogP contribution in [-0.2, 0) is 4.74 Å². The van der Waals surface area contributed by atoms with Gasteiger partial charge < -0.3 is 10.5 Å². The van der Waals surface area contributed by atoms with Crippen molar-refractivity contribution in [2.75, 3.05) is 32.8 Å². The van der Waals surface area contributed by atoms with Crippen LogP contribution < -0.4 is 5.73 Å². The van der Waals surface area contributed by atoms with Crippen molar-refractivity contribution in [2.24, 2.45) is 5.73 Å². The molecule has 0 fully saturated rings. The fourth-order valence-corrected chi connectivity index (χ4v) is 2.29. The third-order valence-electron chi connectivity index (χ3n) is 3.34. The number of likely N-dealkylation sites (N-methyl/N-ethyl adjacent to an activating group) is 1. The molecule has 1 atom stereocenters. The predicted molar refractivity (Wildman–Crippen MR) is 76.7 cm³/mol. The van der Waals surface area contributed by atoms with E-state index in [1.807, 2.05) is 6.92 Å². The summed E-state index contributed by atoms with van der Waals surface area (Å²) in [6.45, 7) is 10.5. The lowest BCUT2D eigenvalue weighted by atomic mass is 10.00. The van der Waals surface area contributed by atoms with E-state index in [-0.39, 0.29) is 6.04 Å². The molecule has 0 aliphatic carbocycles. The average molecular weight is 250 g/mol. The molecule has 0 radical (unpaired) electrons. The van der Waals surface area contributed by atoms with E-state index >= 15 is 0 Å². The molecule has 0 aliphatic rings. The first kappa shape index (κ1) is 15.2. The summed E-state index contributed by atoms with van der Waals surface area (Å²) in [5, 5.41) is 0. The highest BCUT2D eigenvalue weighted by molar-refractivity contribution is 5.29. The lowest BCUT2D eigenvalue weighted by molar-refractivity contribution is 0.0979. The highest BCUT2D eigenvalue weighted by Crippen LogP contribution is 2.22. The zero-order valence-corrected chi connectivity index (χ0v) is 11.9. The topological polar surface area (TPSA) is 38.5 Å². The summed E-state index contributed by atoms with van der Waals surface area (Å²) in [7, 11) is 0. The first-order valence-electron chi connectivity index (χ1n) is 6.81. The molecule has 0 amide bonds. The maximum absolute atomic E-state index is 5.97. The van der Waals surface area contributed by atoms with Crippen LogP contribution >= 0.6 is 0 Å². The lowest BCUT2D eigenvalue weighted by Crippen LogP contribution is -2.36. The Morgan fingerprint density at radius 1 is 1.28 bits per heavy atom. The van der Waals surface area contributed by atoms with Crippen LogP contribution in [0.15, 0.2) is 24.3 Å². The molecule has 1 rings (SSSR count). The Balaban J connectivity index is 2.76. The van der Waals surface area contributed by atoms with Crippen LogP contribution in [0.5, 0.6) is 0 Å². The second kappa shape index (κ2) is 8.25. The van der Waals surface area contributed by atoms with Crippen molar-refractivity contribution in [2.45, 2.75) is 26.8 Å². The van der Waals surface area contributed by atoms with Gasteiger partial charge in [0, 0.05) is 25.7 Å². The molecule has 3 nitrogen and oxygen atoms in total. The first-order valence-corrected chi connectivity index (χ1v) is 6.81. The van der Waals surface area contributed by atoms with Crippen LogP contribution in [0.25, 0.3) is 0 Å². The fraction of sp³-hybridized carbons (Fsp3) is 0.600. The molecule has 102 valence electrons. The maximum atomic E-state index is 5.97. The van der Waals surface area contributed by atoms with Crippen molar-refractivity contribution >= 4 is 0 Å². The highest BCUT2D eigenvalue weighted by atomic mass is 16.5. The minimum atomic E-state index is 0.289. The van der Waals surface area contributed by atoms with Crippen molar-refractivity contribution in [1.29, 1.82) is 0 Å². The molecule has 1 aromatic carbocycles. The van der Waals surface area contributed by atoms with Crippen LogP contribution in [-0.4, -0.2) is 37.7 Å². The van der Waals surface area contributed by atoms with Crippen molar-refractivity contribution in [1.82, 2.24) is 4.90 Å². The van der Waals surface area contributed by atoms with Gasteiger partial charge in [-0.25, -0.2) is 0 Å². The molecule has 2 N–H and O–H groups in total. The van der Waals surface area contributed by atoms with Crippen molar-refractivity contribution < 1.29 is 4.74 Å². The first-order chi connectivity index (χ1) is 8.74. The van der Waals surface area contributed by atoms with Crippen LogP contribution in [0.2, 0.25) is 0 Å². The van der Waals surface area contributed by atoms with Crippen LogP contribution in [0.1, 0.15) is 31.0 Å². The van der Waals surface area contributed by atoms with E-state index in [4.69, 9.17) is 10.5 Å². The standard InChI is InChI=1S/C15H26N2O/c1-4-17(10-11-18-5-2)15(12-16)14-9-7-6-8-13(14)3/h6-9,15H,4-5,10-12,16H2,1-3H3. The van der Waals surface area contributed by atoms with Gasteiger partial charge in [-0.1, -0.05) is 31.2 Å². The third-order valence-corrected chi connectivity index (χ3v) is 3.34. The molecule has 0 spiro atoms. The Hall–Kier alpha value is -0.900. The van der Waals surface area contributed by atoms with Gasteiger partial charge in [-0.2, -0.15) is 0 Å². The number of nitrogens with zero attached hydrogens (tertiary/aromatic N) is 1. The van der Waals surface area contributed by atoms with Crippen molar-refractivity contribution in [3.8, 4) is 0 Å². The highest BCUT2D eigenvalue weighted by Gasteiger charge is 2.18. The van der Waals surface area contributed by atoms with E-state index in [9.17, 15) is 0 Å². The number of nitrogens with two attached hydrogens (primary N) is 1. The number of ether oxygens (including phenoxy) is 1. The average Bonchev–Trinajstić information content (AvgIpc) is 2.39. The van der Waals surface area contributed by atoms with Crippen molar-refractivity contribution in [3.63, 3.8) is 0 Å². The van der Waals surface area contributed by atoms with Gasteiger partial charge in [0.05, 0.1) is 6.61 Å². The molecule has 0 aromatic heterocycles. The summed E-state index contributed by atoms with van der Waals surface area (Å²) in [5.41, 5.74) is 8.61. The normalized spacial score (nSPS) is 12.9. The second-order valence-electron chi connectivity index (χ2n) is 4.43. The molecule has 1 unspecified atom stereocenters. The van der Waals surface area contributed by atoms with Crippen LogP contribution in [0, 0.1) is 6.92 Å². The minimum Gasteiger partial charge on any atom is -0.380 e. The second-order valence-corrected chi connectivity index (χ2v) is 4.43. The molecular formula is C15H26N2O. The minimum absolute atomic E-state index is 0.289. The Morgan fingerprint density at radius 3 is 2.56 bits per heavy atom. The molecular weight excluding hydrogens is 224 g/mol. The number of benzene rings is 1. The van der Waals surface area contributed by atoms with E-state index in [1.165, 1.54) is 11.1 Å². The largest absolute Gasteiger partial charge is 0.380 e. The molecule has 18 heavy (non-hydrogen) atoms. The summed E-state index contributed by atoms with van der Waals surface area (Å²) in [6.07, 6.45) is 0. The Bertz CT molecular complexity index is 341. The van der Waals surface area contributed by atoms with Gasteiger partial charge in [0.15, 0.2) is 0 Å². The Kier molecular flexibility index (Phi) is 6.94. The summed E-state index contributed by atoms with van der Waals surface area (Å²) >= 11 is 0. The van der Waals surface area contributed by atoms with E-state index < -0.39 is 0 Å². The molecule has 0 saturated carbocycles. The molecule has 0 aliphatic heterocycles. The molecule has 1 aromatic rings. The summed E-state index contributed by atoms with van der Waals surface area (Å²) in [5.74, 6) is 0. The zero-order valence-electron chi connectivity index (χ0n) is 11.9. The van der Waals surface area contributed by atoms with Gasteiger partial charge in [0.25, 0.3) is 0 Å². The Morgan fingerprint density at radius 2 is 2.00 bits per heavy atom.